The van der Waals surface area contributed by atoms with Gasteiger partial charge in [-0.25, -0.2) is 0 Å². The first-order valence-corrected chi connectivity index (χ1v) is 7.80. The summed E-state index contributed by atoms with van der Waals surface area (Å²) in [5, 5.41) is 2.38. The monoisotopic (exact) mass is 306 g/mol. The van der Waals surface area contributed by atoms with Crippen molar-refractivity contribution in [3.8, 4) is 0 Å². The summed E-state index contributed by atoms with van der Waals surface area (Å²) < 4.78 is 11.6. The van der Waals surface area contributed by atoms with Crippen molar-refractivity contribution in [3.63, 3.8) is 0 Å². The Hall–Kier alpha value is -2.30. The Morgan fingerprint density at radius 2 is 1.87 bits per heavy atom. The van der Waals surface area contributed by atoms with E-state index in [2.05, 4.69) is 22.1 Å². The van der Waals surface area contributed by atoms with Gasteiger partial charge < -0.3 is 9.47 Å². The number of hydrogen-bond acceptors (Lipinski definition) is 4. The molecule has 23 heavy (non-hydrogen) atoms. The largest absolute Gasteiger partial charge is 0.344 e. The lowest BCUT2D eigenvalue weighted by Crippen LogP contribution is -2.24. The van der Waals surface area contributed by atoms with Crippen LogP contribution < -0.4 is 0 Å². The van der Waals surface area contributed by atoms with Gasteiger partial charge in [0.15, 0.2) is 5.79 Å². The number of fused-ring (bicyclic) bond motifs is 1. The summed E-state index contributed by atoms with van der Waals surface area (Å²) in [5.41, 5.74) is 3.16. The molecule has 4 nitrogen and oxygen atoms in total. The van der Waals surface area contributed by atoms with Crippen molar-refractivity contribution in [2.75, 3.05) is 13.2 Å². The molecule has 4 heteroatoms. The summed E-state index contributed by atoms with van der Waals surface area (Å²) >= 11 is 0. The zero-order chi connectivity index (χ0) is 15.7. The predicted octanol–water partition coefficient (Wildman–Crippen LogP) is 3.44. The molecule has 1 fully saturated rings. The van der Waals surface area contributed by atoms with Crippen LogP contribution in [0.1, 0.15) is 23.7 Å². The Bertz CT molecular complexity index is 836. The van der Waals surface area contributed by atoms with E-state index in [4.69, 9.17) is 9.47 Å². The van der Waals surface area contributed by atoms with Crippen molar-refractivity contribution in [1.82, 2.24) is 9.97 Å². The zero-order valence-corrected chi connectivity index (χ0v) is 13.0. The topological polar surface area (TPSA) is 44.2 Å². The van der Waals surface area contributed by atoms with Gasteiger partial charge in [-0.05, 0) is 30.0 Å². The number of pyridine rings is 2. The van der Waals surface area contributed by atoms with Crippen LogP contribution in [0.25, 0.3) is 10.8 Å². The molecule has 1 aliphatic rings. The highest BCUT2D eigenvalue weighted by molar-refractivity contribution is 5.84. The fraction of sp³-hybridized carbons (Fsp3) is 0.263. The first-order valence-electron chi connectivity index (χ1n) is 7.80. The van der Waals surface area contributed by atoms with Crippen LogP contribution in [0.3, 0.4) is 0 Å². The average molecular weight is 306 g/mol. The van der Waals surface area contributed by atoms with E-state index < -0.39 is 5.79 Å². The van der Waals surface area contributed by atoms with Gasteiger partial charge in [0.05, 0.1) is 18.9 Å². The molecular weight excluding hydrogens is 288 g/mol. The third-order valence-electron chi connectivity index (χ3n) is 4.35. The van der Waals surface area contributed by atoms with Gasteiger partial charge in [0.1, 0.15) is 0 Å². The van der Waals surface area contributed by atoms with Gasteiger partial charge in [-0.2, -0.15) is 0 Å². The van der Waals surface area contributed by atoms with Crippen LogP contribution in [0.4, 0.5) is 0 Å². The van der Waals surface area contributed by atoms with Crippen LogP contribution in [0.2, 0.25) is 0 Å². The highest BCUT2D eigenvalue weighted by atomic mass is 16.7. The molecule has 3 aromatic rings. The van der Waals surface area contributed by atoms with E-state index in [0.717, 1.165) is 23.2 Å². The van der Waals surface area contributed by atoms with Gasteiger partial charge in [-0.3, -0.25) is 9.97 Å². The molecule has 0 atom stereocenters. The van der Waals surface area contributed by atoms with Crippen LogP contribution in [0, 0.1) is 0 Å². The van der Waals surface area contributed by atoms with Crippen molar-refractivity contribution in [1.29, 1.82) is 0 Å². The van der Waals surface area contributed by atoms with Crippen molar-refractivity contribution in [2.24, 2.45) is 0 Å². The second-order valence-corrected chi connectivity index (χ2v) is 5.83. The van der Waals surface area contributed by atoms with Crippen LogP contribution in [-0.2, 0) is 21.7 Å². The minimum atomic E-state index is -0.714. The van der Waals surface area contributed by atoms with E-state index in [1.165, 1.54) is 10.8 Å². The fourth-order valence-corrected chi connectivity index (χ4v) is 3.16. The standard InChI is InChI=1S/C19H18N2O2/c1-19(22-10-11-23-19)17-13-20-8-6-15(17)12-18-16-5-3-2-4-14(16)7-9-21-18/h2-9,13H,10-12H2,1H3. The van der Waals surface area contributed by atoms with Crippen molar-refractivity contribution >= 4 is 10.8 Å². The zero-order valence-electron chi connectivity index (χ0n) is 13.0. The molecule has 4 rings (SSSR count). The molecule has 0 N–H and O–H groups in total. The molecule has 0 spiro atoms. The maximum atomic E-state index is 5.81. The summed E-state index contributed by atoms with van der Waals surface area (Å²) in [6.07, 6.45) is 6.23. The lowest BCUT2D eigenvalue weighted by atomic mass is 9.97. The van der Waals surface area contributed by atoms with E-state index in [1.54, 1.807) is 0 Å². The number of nitrogens with zero attached hydrogens (tertiary/aromatic N) is 2. The minimum absolute atomic E-state index is 0.608. The molecule has 0 amide bonds. The van der Waals surface area contributed by atoms with Gasteiger partial charge in [0, 0.05) is 36.0 Å². The number of benzene rings is 1. The van der Waals surface area contributed by atoms with Gasteiger partial charge in [0.2, 0.25) is 0 Å². The summed E-state index contributed by atoms with van der Waals surface area (Å²) in [4.78, 5) is 8.85. The molecular formula is C19H18N2O2. The average Bonchev–Trinajstić information content (AvgIpc) is 3.03. The first kappa shape index (κ1) is 14.3. The second-order valence-electron chi connectivity index (χ2n) is 5.83. The summed E-state index contributed by atoms with van der Waals surface area (Å²) in [6.45, 7) is 3.17. The van der Waals surface area contributed by atoms with Gasteiger partial charge in [-0.1, -0.05) is 24.3 Å². The molecule has 0 radical (unpaired) electrons. The molecule has 0 aliphatic carbocycles. The molecule has 2 aromatic heterocycles. The van der Waals surface area contributed by atoms with Crippen molar-refractivity contribution in [3.05, 3.63) is 71.8 Å². The highest BCUT2D eigenvalue weighted by Gasteiger charge is 2.35. The Kier molecular flexibility index (Phi) is 3.56. The number of aromatic nitrogens is 2. The molecule has 3 heterocycles. The maximum absolute atomic E-state index is 5.81. The van der Waals surface area contributed by atoms with Crippen LogP contribution in [0.5, 0.6) is 0 Å². The normalized spacial score (nSPS) is 16.7. The number of hydrogen-bond donors (Lipinski definition) is 0. The Labute approximate surface area is 135 Å². The molecule has 116 valence electrons. The first-order chi connectivity index (χ1) is 11.3. The van der Waals surface area contributed by atoms with E-state index in [1.807, 2.05) is 49.8 Å². The van der Waals surface area contributed by atoms with Gasteiger partial charge >= 0.3 is 0 Å². The van der Waals surface area contributed by atoms with E-state index in [-0.39, 0.29) is 0 Å². The Balaban J connectivity index is 1.77. The van der Waals surface area contributed by atoms with Crippen molar-refractivity contribution < 1.29 is 9.47 Å². The number of ether oxygens (including phenoxy) is 2. The lowest BCUT2D eigenvalue weighted by Gasteiger charge is -2.25. The summed E-state index contributed by atoms with van der Waals surface area (Å²) in [5.74, 6) is -0.714. The minimum Gasteiger partial charge on any atom is -0.344 e. The van der Waals surface area contributed by atoms with Crippen LogP contribution in [-0.4, -0.2) is 23.2 Å². The third kappa shape index (κ3) is 2.60. The lowest BCUT2D eigenvalue weighted by molar-refractivity contribution is -0.150. The SMILES string of the molecule is CC1(c2cnccc2Cc2nccc3ccccc23)OCCO1. The summed E-state index contributed by atoms with van der Waals surface area (Å²) in [7, 11) is 0. The Morgan fingerprint density at radius 3 is 2.74 bits per heavy atom. The molecule has 0 bridgehead atoms. The third-order valence-corrected chi connectivity index (χ3v) is 4.35. The molecule has 1 saturated heterocycles. The maximum Gasteiger partial charge on any atom is 0.193 e. The van der Waals surface area contributed by atoms with Gasteiger partial charge in [0.25, 0.3) is 0 Å². The fourth-order valence-electron chi connectivity index (χ4n) is 3.16. The number of rotatable bonds is 3. The van der Waals surface area contributed by atoms with E-state index >= 15 is 0 Å². The summed E-state index contributed by atoms with van der Waals surface area (Å²) in [6, 6.07) is 12.4. The predicted molar refractivity (Wildman–Crippen MR) is 88.0 cm³/mol. The van der Waals surface area contributed by atoms with Gasteiger partial charge in [-0.15, -0.1) is 0 Å². The van der Waals surface area contributed by atoms with E-state index in [0.29, 0.717) is 13.2 Å². The Morgan fingerprint density at radius 1 is 1.04 bits per heavy atom. The van der Waals surface area contributed by atoms with Crippen LogP contribution >= 0.6 is 0 Å². The van der Waals surface area contributed by atoms with Crippen LogP contribution in [0.15, 0.2) is 55.0 Å². The highest BCUT2D eigenvalue weighted by Crippen LogP contribution is 2.33. The second kappa shape index (κ2) is 5.72. The molecule has 0 unspecified atom stereocenters. The molecule has 0 saturated carbocycles. The van der Waals surface area contributed by atoms with E-state index in [9.17, 15) is 0 Å². The molecule has 1 aromatic carbocycles. The molecule has 1 aliphatic heterocycles. The quantitative estimate of drug-likeness (QED) is 0.743. The van der Waals surface area contributed by atoms with Crippen molar-refractivity contribution in [2.45, 2.75) is 19.1 Å². The smallest absolute Gasteiger partial charge is 0.193 e.